The van der Waals surface area contributed by atoms with E-state index in [1.807, 2.05) is 0 Å². The standard InChI is InChI=1S/C17H17NO3S/c1-13(14(2)19)12-15-8-10-16(11-9-15)18-22(20,21)17-6-4-3-5-7-17/h3-12,18H,1-2H3/b13-12+. The van der Waals surface area contributed by atoms with Gasteiger partial charge in [0.15, 0.2) is 5.78 Å². The summed E-state index contributed by atoms with van der Waals surface area (Å²) in [6.07, 6.45) is 1.76. The molecule has 2 aromatic carbocycles. The third-order valence-corrected chi connectivity index (χ3v) is 4.55. The number of anilines is 1. The molecule has 0 bridgehead atoms. The zero-order valence-corrected chi connectivity index (χ0v) is 13.2. The fourth-order valence-corrected chi connectivity index (χ4v) is 2.89. The predicted molar refractivity (Wildman–Crippen MR) is 88.0 cm³/mol. The van der Waals surface area contributed by atoms with Crippen molar-refractivity contribution >= 4 is 27.6 Å². The molecule has 0 radical (unpaired) electrons. The molecule has 0 aromatic heterocycles. The minimum absolute atomic E-state index is 0.00820. The molecule has 22 heavy (non-hydrogen) atoms. The number of hydrogen-bond acceptors (Lipinski definition) is 3. The van der Waals surface area contributed by atoms with E-state index < -0.39 is 10.0 Å². The van der Waals surface area contributed by atoms with Gasteiger partial charge in [0.25, 0.3) is 10.0 Å². The molecule has 2 rings (SSSR count). The number of rotatable bonds is 5. The number of ketones is 1. The van der Waals surface area contributed by atoms with E-state index in [-0.39, 0.29) is 10.7 Å². The molecule has 0 spiro atoms. The van der Waals surface area contributed by atoms with Crippen LogP contribution in [-0.4, -0.2) is 14.2 Å². The summed E-state index contributed by atoms with van der Waals surface area (Å²) in [6.45, 7) is 3.25. The summed E-state index contributed by atoms with van der Waals surface area (Å²) in [4.78, 5) is 11.4. The third-order valence-electron chi connectivity index (χ3n) is 3.15. The molecule has 5 heteroatoms. The second-order valence-corrected chi connectivity index (χ2v) is 6.61. The van der Waals surface area contributed by atoms with Gasteiger partial charge in [0.2, 0.25) is 0 Å². The molecule has 0 saturated heterocycles. The van der Waals surface area contributed by atoms with Crippen molar-refractivity contribution in [3.63, 3.8) is 0 Å². The van der Waals surface area contributed by atoms with Crippen LogP contribution in [0.25, 0.3) is 6.08 Å². The molecule has 0 aliphatic rings. The number of Topliss-reactive ketones (excluding diaryl/α,β-unsaturated/α-hetero) is 1. The summed E-state index contributed by atoms with van der Waals surface area (Å²) in [5, 5.41) is 0. The Labute approximate surface area is 130 Å². The smallest absolute Gasteiger partial charge is 0.261 e. The first-order valence-corrected chi connectivity index (χ1v) is 8.24. The molecule has 0 amide bonds. The normalized spacial score (nSPS) is 12.0. The highest BCUT2D eigenvalue weighted by molar-refractivity contribution is 7.92. The summed E-state index contributed by atoms with van der Waals surface area (Å²) in [5.74, 6) is 0.00820. The number of carbonyl (C=O) groups is 1. The fraction of sp³-hybridized carbons (Fsp3) is 0.118. The Balaban J connectivity index is 2.19. The maximum atomic E-state index is 12.2. The fourth-order valence-electron chi connectivity index (χ4n) is 1.81. The highest BCUT2D eigenvalue weighted by atomic mass is 32.2. The van der Waals surface area contributed by atoms with Crippen LogP contribution in [0.2, 0.25) is 0 Å². The highest BCUT2D eigenvalue weighted by Crippen LogP contribution is 2.17. The van der Waals surface area contributed by atoms with Crippen LogP contribution in [0.15, 0.2) is 65.1 Å². The number of hydrogen-bond donors (Lipinski definition) is 1. The molecule has 0 aliphatic heterocycles. The van der Waals surface area contributed by atoms with Crippen molar-refractivity contribution in [1.82, 2.24) is 0 Å². The average Bonchev–Trinajstić information content (AvgIpc) is 2.50. The van der Waals surface area contributed by atoms with Gasteiger partial charge >= 0.3 is 0 Å². The van der Waals surface area contributed by atoms with Crippen LogP contribution in [0.3, 0.4) is 0 Å². The SMILES string of the molecule is CC(=O)/C(C)=C/c1ccc(NS(=O)(=O)c2ccccc2)cc1. The minimum Gasteiger partial charge on any atom is -0.295 e. The predicted octanol–water partition coefficient (Wildman–Crippen LogP) is 3.48. The Bertz CT molecular complexity index is 792. The summed E-state index contributed by atoms with van der Waals surface area (Å²) in [5.41, 5.74) is 1.97. The van der Waals surface area contributed by atoms with Gasteiger partial charge in [-0.15, -0.1) is 0 Å². The zero-order valence-electron chi connectivity index (χ0n) is 12.4. The first-order chi connectivity index (χ1) is 10.4. The number of carbonyl (C=O) groups excluding carboxylic acids is 1. The van der Waals surface area contributed by atoms with Crippen LogP contribution >= 0.6 is 0 Å². The lowest BCUT2D eigenvalue weighted by Crippen LogP contribution is -2.12. The quantitative estimate of drug-likeness (QED) is 0.859. The maximum Gasteiger partial charge on any atom is 0.261 e. The van der Waals surface area contributed by atoms with Gasteiger partial charge in [-0.25, -0.2) is 8.42 Å². The van der Waals surface area contributed by atoms with Gasteiger partial charge in [-0.3, -0.25) is 9.52 Å². The lowest BCUT2D eigenvalue weighted by Gasteiger charge is -2.08. The molecule has 0 unspecified atom stereocenters. The van der Waals surface area contributed by atoms with Crippen LogP contribution in [-0.2, 0) is 14.8 Å². The largest absolute Gasteiger partial charge is 0.295 e. The molecule has 0 saturated carbocycles. The molecular formula is C17H17NO3S. The van der Waals surface area contributed by atoms with Gasteiger partial charge in [0.1, 0.15) is 0 Å². The van der Waals surface area contributed by atoms with Gasteiger partial charge in [0.05, 0.1) is 4.90 Å². The Kier molecular flexibility index (Phi) is 4.78. The molecular weight excluding hydrogens is 298 g/mol. The van der Waals surface area contributed by atoms with Crippen molar-refractivity contribution in [3.8, 4) is 0 Å². The van der Waals surface area contributed by atoms with Crippen molar-refractivity contribution < 1.29 is 13.2 Å². The van der Waals surface area contributed by atoms with E-state index in [0.29, 0.717) is 11.3 Å². The van der Waals surface area contributed by atoms with Crippen LogP contribution in [0.1, 0.15) is 19.4 Å². The maximum absolute atomic E-state index is 12.2. The first-order valence-electron chi connectivity index (χ1n) is 6.76. The second kappa shape index (κ2) is 6.58. The molecule has 0 aliphatic carbocycles. The van der Waals surface area contributed by atoms with E-state index in [1.54, 1.807) is 55.5 Å². The van der Waals surface area contributed by atoms with Crippen molar-refractivity contribution in [2.45, 2.75) is 18.7 Å². The Morgan fingerprint density at radius 2 is 1.55 bits per heavy atom. The summed E-state index contributed by atoms with van der Waals surface area (Å²) >= 11 is 0. The summed E-state index contributed by atoms with van der Waals surface area (Å²) in [6, 6.07) is 15.0. The van der Waals surface area contributed by atoms with Crippen LogP contribution < -0.4 is 4.72 Å². The van der Waals surface area contributed by atoms with Gasteiger partial charge in [-0.2, -0.15) is 0 Å². The molecule has 0 fully saturated rings. The molecule has 2 aromatic rings. The minimum atomic E-state index is -3.58. The molecule has 0 atom stereocenters. The van der Waals surface area contributed by atoms with Crippen molar-refractivity contribution in [2.24, 2.45) is 0 Å². The van der Waals surface area contributed by atoms with Gasteiger partial charge in [-0.1, -0.05) is 30.3 Å². The zero-order chi connectivity index (χ0) is 16.2. The van der Waals surface area contributed by atoms with Crippen LogP contribution in [0.5, 0.6) is 0 Å². The van der Waals surface area contributed by atoms with E-state index in [9.17, 15) is 13.2 Å². The third kappa shape index (κ3) is 4.05. The van der Waals surface area contributed by atoms with E-state index in [1.165, 1.54) is 19.1 Å². The topological polar surface area (TPSA) is 63.2 Å². The lowest BCUT2D eigenvalue weighted by molar-refractivity contribution is -0.113. The van der Waals surface area contributed by atoms with Crippen molar-refractivity contribution in [2.75, 3.05) is 4.72 Å². The van der Waals surface area contributed by atoms with Crippen molar-refractivity contribution in [3.05, 3.63) is 65.7 Å². The van der Waals surface area contributed by atoms with E-state index in [4.69, 9.17) is 0 Å². The average molecular weight is 315 g/mol. The van der Waals surface area contributed by atoms with E-state index in [0.717, 1.165) is 5.56 Å². The molecule has 4 nitrogen and oxygen atoms in total. The molecule has 1 N–H and O–H groups in total. The molecule has 114 valence electrons. The first kappa shape index (κ1) is 16.0. The number of benzene rings is 2. The Hall–Kier alpha value is -2.40. The number of sulfonamides is 1. The summed E-state index contributed by atoms with van der Waals surface area (Å²) in [7, 11) is -3.58. The van der Waals surface area contributed by atoms with Crippen LogP contribution in [0, 0.1) is 0 Å². The van der Waals surface area contributed by atoms with Gasteiger partial charge in [0, 0.05) is 5.69 Å². The second-order valence-electron chi connectivity index (χ2n) is 4.92. The lowest BCUT2D eigenvalue weighted by atomic mass is 10.1. The Morgan fingerprint density at radius 3 is 2.09 bits per heavy atom. The van der Waals surface area contributed by atoms with E-state index >= 15 is 0 Å². The van der Waals surface area contributed by atoms with Crippen molar-refractivity contribution in [1.29, 1.82) is 0 Å². The molecule has 0 heterocycles. The van der Waals surface area contributed by atoms with Gasteiger partial charge in [-0.05, 0) is 55.3 Å². The Morgan fingerprint density at radius 1 is 0.955 bits per heavy atom. The highest BCUT2D eigenvalue weighted by Gasteiger charge is 2.12. The monoisotopic (exact) mass is 315 g/mol. The summed E-state index contributed by atoms with van der Waals surface area (Å²) < 4.78 is 26.9. The van der Waals surface area contributed by atoms with E-state index in [2.05, 4.69) is 4.72 Å². The number of allylic oxidation sites excluding steroid dienone is 1. The van der Waals surface area contributed by atoms with Gasteiger partial charge < -0.3 is 0 Å². The van der Waals surface area contributed by atoms with Crippen LogP contribution in [0.4, 0.5) is 5.69 Å². The number of nitrogens with one attached hydrogen (secondary N) is 1.